The second kappa shape index (κ2) is 8.16. The standard InChI is InChI=1S/C16H28N2O/c1-13(2)6-5-7-14(3)8-10-18-11-9-15(12-18)16(19)17-4/h6,8,15H,5,7,9-12H2,1-4H3,(H,17,19)/b14-8+/t15-/m0/s1. The van der Waals surface area contributed by atoms with Crippen LogP contribution in [0.25, 0.3) is 0 Å². The van der Waals surface area contributed by atoms with Crippen LogP contribution in [0.4, 0.5) is 0 Å². The Labute approximate surface area is 117 Å². The highest BCUT2D eigenvalue weighted by Crippen LogP contribution is 2.16. The molecule has 0 bridgehead atoms. The molecule has 1 aliphatic rings. The molecular formula is C16H28N2O. The molecule has 108 valence electrons. The van der Waals surface area contributed by atoms with Crippen LogP contribution >= 0.6 is 0 Å². The molecule has 1 rings (SSSR count). The molecular weight excluding hydrogens is 236 g/mol. The molecule has 0 saturated carbocycles. The van der Waals surface area contributed by atoms with Gasteiger partial charge >= 0.3 is 0 Å². The molecule has 1 saturated heterocycles. The van der Waals surface area contributed by atoms with Crippen molar-refractivity contribution < 1.29 is 4.79 Å². The third-order valence-corrected chi connectivity index (χ3v) is 3.68. The van der Waals surface area contributed by atoms with Crippen LogP contribution in [0.5, 0.6) is 0 Å². The highest BCUT2D eigenvalue weighted by molar-refractivity contribution is 5.78. The minimum absolute atomic E-state index is 0.185. The van der Waals surface area contributed by atoms with Gasteiger partial charge in [-0.1, -0.05) is 23.3 Å². The molecule has 3 nitrogen and oxygen atoms in total. The van der Waals surface area contributed by atoms with E-state index in [0.29, 0.717) is 0 Å². The number of amides is 1. The summed E-state index contributed by atoms with van der Waals surface area (Å²) < 4.78 is 0. The summed E-state index contributed by atoms with van der Waals surface area (Å²) >= 11 is 0. The van der Waals surface area contributed by atoms with Gasteiger partial charge in [-0.05, 0) is 46.6 Å². The van der Waals surface area contributed by atoms with Crippen LogP contribution < -0.4 is 5.32 Å². The minimum atomic E-state index is 0.185. The van der Waals surface area contributed by atoms with Crippen LogP contribution in [0.2, 0.25) is 0 Å². The second-order valence-corrected chi connectivity index (χ2v) is 5.73. The fraction of sp³-hybridized carbons (Fsp3) is 0.688. The van der Waals surface area contributed by atoms with Gasteiger partial charge in [0.25, 0.3) is 0 Å². The van der Waals surface area contributed by atoms with E-state index in [1.165, 1.54) is 11.1 Å². The Balaban J connectivity index is 2.29. The number of hydrogen-bond donors (Lipinski definition) is 1. The van der Waals surface area contributed by atoms with Gasteiger partial charge < -0.3 is 5.32 Å². The van der Waals surface area contributed by atoms with E-state index in [0.717, 1.165) is 38.9 Å². The van der Waals surface area contributed by atoms with E-state index >= 15 is 0 Å². The molecule has 1 N–H and O–H groups in total. The van der Waals surface area contributed by atoms with Crippen LogP contribution in [0.3, 0.4) is 0 Å². The van der Waals surface area contributed by atoms with Gasteiger partial charge in [0, 0.05) is 20.1 Å². The van der Waals surface area contributed by atoms with Crippen LogP contribution in [0.15, 0.2) is 23.3 Å². The van der Waals surface area contributed by atoms with Crippen LogP contribution in [0, 0.1) is 5.92 Å². The van der Waals surface area contributed by atoms with Gasteiger partial charge in [0.15, 0.2) is 0 Å². The molecule has 0 aliphatic carbocycles. The molecule has 1 atom stereocenters. The lowest BCUT2D eigenvalue weighted by Crippen LogP contribution is -2.30. The fourth-order valence-corrected chi connectivity index (χ4v) is 2.39. The monoisotopic (exact) mass is 264 g/mol. The minimum Gasteiger partial charge on any atom is -0.359 e. The maximum Gasteiger partial charge on any atom is 0.224 e. The molecule has 1 amide bonds. The molecule has 0 radical (unpaired) electrons. The van der Waals surface area contributed by atoms with Crippen LogP contribution in [0.1, 0.15) is 40.0 Å². The number of nitrogens with one attached hydrogen (secondary N) is 1. The summed E-state index contributed by atoms with van der Waals surface area (Å²) in [7, 11) is 1.72. The van der Waals surface area contributed by atoms with Gasteiger partial charge in [-0.15, -0.1) is 0 Å². The number of likely N-dealkylation sites (tertiary alicyclic amines) is 1. The van der Waals surface area contributed by atoms with Crippen molar-refractivity contribution in [1.82, 2.24) is 10.2 Å². The highest BCUT2D eigenvalue weighted by Gasteiger charge is 2.26. The molecule has 0 aromatic carbocycles. The molecule has 1 aliphatic heterocycles. The number of rotatable bonds is 6. The number of allylic oxidation sites excluding steroid dienone is 3. The summed E-state index contributed by atoms with van der Waals surface area (Å²) in [6.07, 6.45) is 7.85. The first-order valence-electron chi connectivity index (χ1n) is 7.26. The zero-order valence-corrected chi connectivity index (χ0v) is 12.8. The second-order valence-electron chi connectivity index (χ2n) is 5.73. The van der Waals surface area contributed by atoms with E-state index in [1.807, 2.05) is 0 Å². The average Bonchev–Trinajstić information content (AvgIpc) is 2.83. The first kappa shape index (κ1) is 16.0. The fourth-order valence-electron chi connectivity index (χ4n) is 2.39. The highest BCUT2D eigenvalue weighted by atomic mass is 16.1. The topological polar surface area (TPSA) is 32.3 Å². The predicted octanol–water partition coefficient (Wildman–Crippen LogP) is 2.75. The van der Waals surface area contributed by atoms with Crippen molar-refractivity contribution >= 4 is 5.91 Å². The third-order valence-electron chi connectivity index (χ3n) is 3.68. The zero-order chi connectivity index (χ0) is 14.3. The Morgan fingerprint density at radius 3 is 2.68 bits per heavy atom. The molecule has 0 aromatic heterocycles. The van der Waals surface area contributed by atoms with Crippen molar-refractivity contribution in [3.63, 3.8) is 0 Å². The predicted molar refractivity (Wildman–Crippen MR) is 81.0 cm³/mol. The van der Waals surface area contributed by atoms with Crippen molar-refractivity contribution in [3.8, 4) is 0 Å². The van der Waals surface area contributed by atoms with E-state index in [4.69, 9.17) is 0 Å². The van der Waals surface area contributed by atoms with Gasteiger partial charge in [-0.3, -0.25) is 9.69 Å². The summed E-state index contributed by atoms with van der Waals surface area (Å²) in [4.78, 5) is 13.9. The lowest BCUT2D eigenvalue weighted by Gasteiger charge is -2.13. The SMILES string of the molecule is CNC(=O)[C@H]1CCN(C/C=C(\C)CCC=C(C)C)C1. The quantitative estimate of drug-likeness (QED) is 0.748. The van der Waals surface area contributed by atoms with Crippen molar-refractivity contribution in [1.29, 1.82) is 0 Å². The van der Waals surface area contributed by atoms with Gasteiger partial charge in [0.1, 0.15) is 0 Å². The summed E-state index contributed by atoms with van der Waals surface area (Å²) in [6.45, 7) is 9.40. The Kier molecular flexibility index (Phi) is 6.85. The zero-order valence-electron chi connectivity index (χ0n) is 12.8. The normalized spacial score (nSPS) is 20.4. The van der Waals surface area contributed by atoms with Crippen molar-refractivity contribution in [2.75, 3.05) is 26.7 Å². The lowest BCUT2D eigenvalue weighted by atomic mass is 10.1. The first-order chi connectivity index (χ1) is 9.02. The van der Waals surface area contributed by atoms with E-state index in [-0.39, 0.29) is 11.8 Å². The molecule has 19 heavy (non-hydrogen) atoms. The lowest BCUT2D eigenvalue weighted by molar-refractivity contribution is -0.124. The van der Waals surface area contributed by atoms with Gasteiger partial charge in [-0.2, -0.15) is 0 Å². The number of carbonyl (C=O) groups excluding carboxylic acids is 1. The number of carbonyl (C=O) groups is 1. The van der Waals surface area contributed by atoms with E-state index in [2.05, 4.69) is 43.1 Å². The van der Waals surface area contributed by atoms with Crippen molar-refractivity contribution in [2.45, 2.75) is 40.0 Å². The largest absolute Gasteiger partial charge is 0.359 e. The molecule has 0 unspecified atom stereocenters. The number of nitrogens with zero attached hydrogens (tertiary/aromatic N) is 1. The Morgan fingerprint density at radius 2 is 2.05 bits per heavy atom. The van der Waals surface area contributed by atoms with Crippen LogP contribution in [-0.4, -0.2) is 37.5 Å². The van der Waals surface area contributed by atoms with Crippen molar-refractivity contribution in [3.05, 3.63) is 23.3 Å². The maximum atomic E-state index is 11.5. The molecule has 3 heteroatoms. The summed E-state index contributed by atoms with van der Waals surface area (Å²) in [5, 5.41) is 2.74. The van der Waals surface area contributed by atoms with E-state index < -0.39 is 0 Å². The van der Waals surface area contributed by atoms with Gasteiger partial charge in [0.2, 0.25) is 5.91 Å². The Bertz CT molecular complexity index is 354. The summed E-state index contributed by atoms with van der Waals surface area (Å²) in [6, 6.07) is 0. The Morgan fingerprint density at radius 1 is 1.32 bits per heavy atom. The van der Waals surface area contributed by atoms with Crippen molar-refractivity contribution in [2.24, 2.45) is 5.92 Å². The average molecular weight is 264 g/mol. The van der Waals surface area contributed by atoms with Crippen LogP contribution in [-0.2, 0) is 4.79 Å². The third kappa shape index (κ3) is 6.06. The van der Waals surface area contributed by atoms with E-state index in [9.17, 15) is 4.79 Å². The molecule has 1 fully saturated rings. The first-order valence-corrected chi connectivity index (χ1v) is 7.26. The Hall–Kier alpha value is -1.09. The van der Waals surface area contributed by atoms with E-state index in [1.54, 1.807) is 7.05 Å². The number of hydrogen-bond acceptors (Lipinski definition) is 2. The smallest absolute Gasteiger partial charge is 0.224 e. The summed E-state index contributed by atoms with van der Waals surface area (Å²) in [5.74, 6) is 0.371. The molecule has 1 heterocycles. The van der Waals surface area contributed by atoms with Gasteiger partial charge in [0.05, 0.1) is 5.92 Å². The summed E-state index contributed by atoms with van der Waals surface area (Å²) in [5.41, 5.74) is 2.83. The maximum absolute atomic E-state index is 11.5. The molecule has 0 spiro atoms. The molecule has 0 aromatic rings. The van der Waals surface area contributed by atoms with Gasteiger partial charge in [-0.25, -0.2) is 0 Å².